The minimum atomic E-state index is 0.678. The van der Waals surface area contributed by atoms with Crippen LogP contribution >= 0.6 is 0 Å². The summed E-state index contributed by atoms with van der Waals surface area (Å²) >= 11 is 0. The van der Waals surface area contributed by atoms with Gasteiger partial charge in [0.1, 0.15) is 0 Å². The summed E-state index contributed by atoms with van der Waals surface area (Å²) in [7, 11) is 0. The zero-order valence-electron chi connectivity index (χ0n) is 11.9. The molecule has 0 radical (unpaired) electrons. The van der Waals surface area contributed by atoms with Gasteiger partial charge in [0.05, 0.1) is 0 Å². The minimum absolute atomic E-state index is 0.678. The predicted molar refractivity (Wildman–Crippen MR) is 80.2 cm³/mol. The highest BCUT2D eigenvalue weighted by Gasteiger charge is 2.12. The number of hydrogen-bond donors (Lipinski definition) is 1. The van der Waals surface area contributed by atoms with Crippen LogP contribution in [-0.4, -0.2) is 6.54 Å². The molecule has 18 heavy (non-hydrogen) atoms. The van der Waals surface area contributed by atoms with E-state index in [1.54, 1.807) is 0 Å². The molecule has 1 aromatic carbocycles. The lowest BCUT2D eigenvalue weighted by Gasteiger charge is -2.22. The molecule has 100 valence electrons. The van der Waals surface area contributed by atoms with Crippen molar-refractivity contribution in [1.82, 2.24) is 0 Å². The fourth-order valence-corrected chi connectivity index (χ4v) is 2.82. The van der Waals surface area contributed by atoms with Crippen LogP contribution in [0, 0.1) is 5.92 Å². The Morgan fingerprint density at radius 1 is 1.11 bits per heavy atom. The second kappa shape index (κ2) is 6.82. The lowest BCUT2D eigenvalue weighted by atomic mass is 9.89. The Labute approximate surface area is 112 Å². The van der Waals surface area contributed by atoms with Crippen LogP contribution in [0.2, 0.25) is 0 Å². The molecule has 1 nitrogen and oxygen atoms in total. The van der Waals surface area contributed by atoms with Gasteiger partial charge in [-0.15, -0.1) is 0 Å². The second-order valence-electron chi connectivity index (χ2n) is 5.82. The molecule has 0 aromatic heterocycles. The molecule has 1 atom stereocenters. The van der Waals surface area contributed by atoms with Gasteiger partial charge in [0.15, 0.2) is 0 Å². The van der Waals surface area contributed by atoms with Gasteiger partial charge in [-0.2, -0.15) is 0 Å². The summed E-state index contributed by atoms with van der Waals surface area (Å²) in [6.45, 7) is 5.70. The summed E-state index contributed by atoms with van der Waals surface area (Å²) in [6, 6.07) is 9.03. The summed E-state index contributed by atoms with van der Waals surface area (Å²) < 4.78 is 0. The van der Waals surface area contributed by atoms with Crippen LogP contribution in [0.15, 0.2) is 24.3 Å². The Bertz CT molecular complexity index is 335. The van der Waals surface area contributed by atoms with E-state index in [4.69, 9.17) is 0 Å². The maximum atomic E-state index is 3.60. The zero-order valence-corrected chi connectivity index (χ0v) is 11.9. The van der Waals surface area contributed by atoms with Crippen LogP contribution in [0.25, 0.3) is 0 Å². The maximum Gasteiger partial charge on any atom is 0.0340 e. The zero-order chi connectivity index (χ0) is 12.8. The number of anilines is 1. The van der Waals surface area contributed by atoms with Crippen molar-refractivity contribution in [1.29, 1.82) is 0 Å². The van der Waals surface area contributed by atoms with E-state index in [1.807, 2.05) is 0 Å². The van der Waals surface area contributed by atoms with E-state index in [2.05, 4.69) is 43.4 Å². The van der Waals surface area contributed by atoms with Gasteiger partial charge >= 0.3 is 0 Å². The Kier molecular flexibility index (Phi) is 5.10. The van der Waals surface area contributed by atoms with E-state index in [-0.39, 0.29) is 0 Å². The third kappa shape index (κ3) is 3.76. The fourth-order valence-electron chi connectivity index (χ4n) is 2.82. The molecule has 1 unspecified atom stereocenters. The van der Waals surface area contributed by atoms with Gasteiger partial charge < -0.3 is 5.32 Å². The molecule has 0 bridgehead atoms. The van der Waals surface area contributed by atoms with Crippen molar-refractivity contribution < 1.29 is 0 Å². The first kappa shape index (κ1) is 13.5. The summed E-state index contributed by atoms with van der Waals surface area (Å²) in [4.78, 5) is 0. The summed E-state index contributed by atoms with van der Waals surface area (Å²) in [5.41, 5.74) is 2.74. The average Bonchev–Trinajstić information content (AvgIpc) is 2.46. The highest BCUT2D eigenvalue weighted by atomic mass is 14.9. The van der Waals surface area contributed by atoms with Crippen LogP contribution in [-0.2, 0) is 0 Å². The van der Waals surface area contributed by atoms with Gasteiger partial charge in [-0.05, 0) is 48.8 Å². The van der Waals surface area contributed by atoms with Crippen molar-refractivity contribution >= 4 is 5.69 Å². The molecule has 0 heterocycles. The molecule has 0 spiro atoms. The molecular weight excluding hydrogens is 218 g/mol. The normalized spacial score (nSPS) is 18.6. The third-order valence-corrected chi connectivity index (χ3v) is 4.41. The summed E-state index contributed by atoms with van der Waals surface area (Å²) in [5, 5.41) is 3.60. The van der Waals surface area contributed by atoms with Crippen LogP contribution in [0.3, 0.4) is 0 Å². The lowest BCUT2D eigenvalue weighted by Crippen LogP contribution is -2.17. The molecule has 1 heteroatoms. The van der Waals surface area contributed by atoms with Crippen LogP contribution in [0.4, 0.5) is 5.69 Å². The van der Waals surface area contributed by atoms with Gasteiger partial charge in [0, 0.05) is 12.2 Å². The van der Waals surface area contributed by atoms with Gasteiger partial charge in [-0.25, -0.2) is 0 Å². The second-order valence-corrected chi connectivity index (χ2v) is 5.82. The molecule has 1 aliphatic carbocycles. The van der Waals surface area contributed by atoms with Crippen molar-refractivity contribution in [3.63, 3.8) is 0 Å². The number of nitrogens with one attached hydrogen (secondary N) is 1. The highest BCUT2D eigenvalue weighted by Crippen LogP contribution is 2.25. The standard InChI is InChI=1S/C17H27N/c1-3-14(2)16-9-11-17(12-10-16)18-13-15-7-5-4-6-8-15/h9-12,14-15,18H,3-8,13H2,1-2H3. The van der Waals surface area contributed by atoms with E-state index in [0.29, 0.717) is 5.92 Å². The summed E-state index contributed by atoms with van der Waals surface area (Å²) in [6.07, 6.45) is 8.35. The largest absolute Gasteiger partial charge is 0.385 e. The third-order valence-electron chi connectivity index (χ3n) is 4.41. The molecule has 1 N–H and O–H groups in total. The molecule has 1 aromatic rings. The molecule has 0 aliphatic heterocycles. The number of rotatable bonds is 5. The molecule has 2 rings (SSSR count). The molecule has 1 aliphatic rings. The van der Waals surface area contributed by atoms with Crippen LogP contribution in [0.1, 0.15) is 63.9 Å². The molecule has 1 fully saturated rings. The first-order valence-corrected chi connectivity index (χ1v) is 7.63. The lowest BCUT2D eigenvalue weighted by molar-refractivity contribution is 0.373. The Hall–Kier alpha value is -0.980. The van der Waals surface area contributed by atoms with Crippen molar-refractivity contribution in [2.45, 2.75) is 58.3 Å². The van der Waals surface area contributed by atoms with Crippen molar-refractivity contribution in [2.75, 3.05) is 11.9 Å². The van der Waals surface area contributed by atoms with Gasteiger partial charge in [0.25, 0.3) is 0 Å². The quantitative estimate of drug-likeness (QED) is 0.752. The predicted octanol–water partition coefficient (Wildman–Crippen LogP) is 5.19. The SMILES string of the molecule is CCC(C)c1ccc(NCC2CCCCC2)cc1. The molecule has 1 saturated carbocycles. The van der Waals surface area contributed by atoms with Gasteiger partial charge in [-0.3, -0.25) is 0 Å². The minimum Gasteiger partial charge on any atom is -0.385 e. The molecule has 0 saturated heterocycles. The van der Waals surface area contributed by atoms with E-state index in [1.165, 1.54) is 49.8 Å². The average molecular weight is 245 g/mol. The highest BCUT2D eigenvalue weighted by molar-refractivity contribution is 5.45. The van der Waals surface area contributed by atoms with E-state index < -0.39 is 0 Å². The fraction of sp³-hybridized carbons (Fsp3) is 0.647. The van der Waals surface area contributed by atoms with Gasteiger partial charge in [0.2, 0.25) is 0 Å². The maximum absolute atomic E-state index is 3.60. The van der Waals surface area contributed by atoms with E-state index in [0.717, 1.165) is 12.5 Å². The van der Waals surface area contributed by atoms with Gasteiger partial charge in [-0.1, -0.05) is 45.2 Å². The first-order valence-electron chi connectivity index (χ1n) is 7.63. The number of benzene rings is 1. The monoisotopic (exact) mass is 245 g/mol. The van der Waals surface area contributed by atoms with Crippen molar-refractivity contribution in [3.8, 4) is 0 Å². The van der Waals surface area contributed by atoms with E-state index >= 15 is 0 Å². The van der Waals surface area contributed by atoms with Crippen LogP contribution in [0.5, 0.6) is 0 Å². The Morgan fingerprint density at radius 3 is 2.39 bits per heavy atom. The van der Waals surface area contributed by atoms with E-state index in [9.17, 15) is 0 Å². The number of hydrogen-bond acceptors (Lipinski definition) is 1. The molecular formula is C17H27N. The smallest absolute Gasteiger partial charge is 0.0340 e. The summed E-state index contributed by atoms with van der Waals surface area (Å²) in [5.74, 6) is 1.57. The van der Waals surface area contributed by atoms with Crippen LogP contribution < -0.4 is 5.32 Å². The topological polar surface area (TPSA) is 12.0 Å². The first-order chi connectivity index (χ1) is 8.79. The Morgan fingerprint density at radius 2 is 1.78 bits per heavy atom. The van der Waals surface area contributed by atoms with Crippen molar-refractivity contribution in [2.24, 2.45) is 5.92 Å². The Balaban J connectivity index is 1.82. The molecule has 0 amide bonds. The van der Waals surface area contributed by atoms with Crippen molar-refractivity contribution in [3.05, 3.63) is 29.8 Å².